The summed E-state index contributed by atoms with van der Waals surface area (Å²) in [6.07, 6.45) is 2.38. The lowest BCUT2D eigenvalue weighted by Gasteiger charge is -2.55. The van der Waals surface area contributed by atoms with Crippen LogP contribution in [0.3, 0.4) is 0 Å². The molecule has 5 bridgehead atoms. The van der Waals surface area contributed by atoms with E-state index in [0.717, 1.165) is 12.8 Å². The standard InChI is InChI=1S/C35H34N2O10/c1-16-10-20-24(21(39)11-16)28(42)26-22-12-19-18(25(26)27(20)41)5-9-36-32(19)37-14-23(40)33(6-2-3-7-33)13-17-4-8-35(46-22)31(45)29(43)30(44)34(17,15-38)47-35/h4-5,8-13,23,29-31,38-40,43-45H,2-3,6-7,14-15H2,1H3,(H,36,37)/b17-13+/t23-,29-,30-,31+,34-,35+/m0/s1. The maximum Gasteiger partial charge on any atom is 0.260 e. The van der Waals surface area contributed by atoms with E-state index >= 15 is 0 Å². The van der Waals surface area contributed by atoms with Gasteiger partial charge in [0.05, 0.1) is 23.8 Å². The lowest BCUT2D eigenvalue weighted by molar-refractivity contribution is -0.346. The van der Waals surface area contributed by atoms with E-state index in [1.54, 1.807) is 19.1 Å². The number of nitrogens with zero attached hydrogens (tertiary/aromatic N) is 1. The summed E-state index contributed by atoms with van der Waals surface area (Å²) in [5.41, 5.74) is -2.38. The monoisotopic (exact) mass is 642 g/mol. The van der Waals surface area contributed by atoms with Gasteiger partial charge in [0, 0.05) is 34.7 Å². The quantitative estimate of drug-likeness (QED) is 0.159. The number of aliphatic hydroxyl groups excluding tert-OH is 5. The number of hydrogen-bond donors (Lipinski definition) is 7. The van der Waals surface area contributed by atoms with Gasteiger partial charge in [-0.2, -0.15) is 0 Å². The summed E-state index contributed by atoms with van der Waals surface area (Å²) in [7, 11) is 0. The molecule has 1 aromatic heterocycles. The van der Waals surface area contributed by atoms with E-state index < -0.39 is 59.4 Å². The summed E-state index contributed by atoms with van der Waals surface area (Å²) in [6.45, 7) is 0.900. The van der Waals surface area contributed by atoms with Gasteiger partial charge in [-0.25, -0.2) is 4.98 Å². The number of aliphatic hydroxyl groups is 5. The first-order valence-electron chi connectivity index (χ1n) is 15.7. The summed E-state index contributed by atoms with van der Waals surface area (Å²) >= 11 is 0. The number of anilines is 1. The number of fused-ring (bicyclic) bond motifs is 5. The number of carbonyl (C=O) groups is 2. The Morgan fingerprint density at radius 3 is 2.49 bits per heavy atom. The fraction of sp³-hybridized carbons (Fsp3) is 0.400. The van der Waals surface area contributed by atoms with Gasteiger partial charge in [-0.3, -0.25) is 9.59 Å². The molecular formula is C35H34N2O10. The number of aromatic hydroxyl groups is 1. The fourth-order valence-corrected chi connectivity index (χ4v) is 8.21. The van der Waals surface area contributed by atoms with E-state index in [-0.39, 0.29) is 45.9 Å². The summed E-state index contributed by atoms with van der Waals surface area (Å²) < 4.78 is 12.8. The van der Waals surface area contributed by atoms with E-state index in [4.69, 9.17) is 9.47 Å². The van der Waals surface area contributed by atoms with Gasteiger partial charge < -0.3 is 45.4 Å². The summed E-state index contributed by atoms with van der Waals surface area (Å²) in [6, 6.07) is 5.94. The highest BCUT2D eigenvalue weighted by Crippen LogP contribution is 2.52. The Morgan fingerprint density at radius 1 is 0.979 bits per heavy atom. The third-order valence-electron chi connectivity index (χ3n) is 10.7. The summed E-state index contributed by atoms with van der Waals surface area (Å²) in [5.74, 6) is -3.86. The largest absolute Gasteiger partial charge is 0.507 e. The molecule has 47 heavy (non-hydrogen) atoms. The lowest BCUT2D eigenvalue weighted by Crippen LogP contribution is -2.74. The molecule has 1 saturated carbocycles. The van der Waals surface area contributed by atoms with E-state index in [2.05, 4.69) is 10.3 Å². The molecule has 7 N–H and O–H groups in total. The van der Waals surface area contributed by atoms with Crippen LogP contribution in [0.15, 0.2) is 54.3 Å². The first-order valence-corrected chi connectivity index (χ1v) is 15.7. The highest BCUT2D eigenvalue weighted by molar-refractivity contribution is 6.34. The van der Waals surface area contributed by atoms with Gasteiger partial charge in [0.1, 0.15) is 35.1 Å². The number of benzene rings is 2. The molecule has 6 atom stereocenters. The number of hydrogen-bond acceptors (Lipinski definition) is 12. The number of nitrogens with one attached hydrogen (secondary N) is 1. The van der Waals surface area contributed by atoms with Crippen LogP contribution in [0.4, 0.5) is 5.82 Å². The minimum Gasteiger partial charge on any atom is -0.507 e. The molecule has 5 heterocycles. The van der Waals surface area contributed by atoms with Gasteiger partial charge in [-0.1, -0.05) is 25.0 Å². The Bertz CT molecular complexity index is 1950. The third kappa shape index (κ3) is 4.00. The Kier molecular flexibility index (Phi) is 6.53. The van der Waals surface area contributed by atoms with Crippen molar-refractivity contribution in [3.8, 4) is 11.5 Å². The molecule has 12 heteroatoms. The molecule has 2 spiro atoms. The maximum atomic E-state index is 14.3. The second-order valence-corrected chi connectivity index (χ2v) is 13.4. The maximum absolute atomic E-state index is 14.3. The average Bonchev–Trinajstić information content (AvgIpc) is 3.54. The van der Waals surface area contributed by atoms with Crippen molar-refractivity contribution in [2.45, 2.75) is 68.4 Å². The highest BCUT2D eigenvalue weighted by atomic mass is 16.7. The van der Waals surface area contributed by atoms with Crippen molar-refractivity contribution in [1.82, 2.24) is 4.98 Å². The molecule has 3 aromatic rings. The predicted octanol–water partition coefficient (Wildman–Crippen LogP) is 1.79. The Labute approximate surface area is 268 Å². The molecule has 0 amide bonds. The van der Waals surface area contributed by atoms with Gasteiger partial charge in [0.2, 0.25) is 5.78 Å². The summed E-state index contributed by atoms with van der Waals surface area (Å²) in [5, 5.41) is 71.4. The molecule has 4 aliphatic heterocycles. The van der Waals surface area contributed by atoms with Gasteiger partial charge in [-0.05, 0) is 66.6 Å². The zero-order valence-electron chi connectivity index (χ0n) is 25.4. The molecule has 6 aliphatic rings. The molecule has 12 nitrogen and oxygen atoms in total. The lowest BCUT2D eigenvalue weighted by atomic mass is 9.71. The minimum atomic E-state index is -2.26. The van der Waals surface area contributed by atoms with Crippen molar-refractivity contribution in [2.24, 2.45) is 5.41 Å². The van der Waals surface area contributed by atoms with E-state index in [1.165, 1.54) is 36.5 Å². The second kappa shape index (κ2) is 10.2. The first kappa shape index (κ1) is 30.2. The van der Waals surface area contributed by atoms with E-state index in [0.29, 0.717) is 35.0 Å². The number of carbonyl (C=O) groups excluding carboxylic acids is 2. The van der Waals surface area contributed by atoms with Gasteiger partial charge in [-0.15, -0.1) is 0 Å². The van der Waals surface area contributed by atoms with Crippen LogP contribution in [-0.4, -0.2) is 96.1 Å². The van der Waals surface area contributed by atoms with E-state index in [1.807, 2.05) is 0 Å². The number of aryl methyl sites for hydroxylation is 1. The Morgan fingerprint density at radius 2 is 1.74 bits per heavy atom. The molecule has 2 aliphatic carbocycles. The first-order chi connectivity index (χ1) is 22.4. The van der Waals surface area contributed by atoms with Crippen LogP contribution < -0.4 is 10.1 Å². The SMILES string of the molecule is Cc1cc(O)c2c(c1)C(=O)c1c(c3cc4c(nccc14)NC[C@H](O)C1(/C=C4\C=C[C@@]5(O3)O[C@]4(CO)[C@@H](O)[C@H](O)[C@H]5O)CCCC1)C2=O. The van der Waals surface area contributed by atoms with Crippen molar-refractivity contribution in [3.05, 3.63) is 82.1 Å². The number of pyridine rings is 1. The molecule has 244 valence electrons. The Hall–Kier alpha value is -4.17. The third-order valence-corrected chi connectivity index (χ3v) is 10.7. The topological polar surface area (TPSA) is 199 Å². The molecule has 2 aromatic carbocycles. The van der Waals surface area contributed by atoms with Crippen molar-refractivity contribution in [1.29, 1.82) is 0 Å². The smallest absolute Gasteiger partial charge is 0.260 e. The molecular weight excluding hydrogens is 608 g/mol. The number of rotatable bonds is 1. The van der Waals surface area contributed by atoms with Crippen LogP contribution in [0.25, 0.3) is 10.8 Å². The molecule has 1 saturated heterocycles. The van der Waals surface area contributed by atoms with Crippen molar-refractivity contribution in [2.75, 3.05) is 18.5 Å². The molecule has 0 radical (unpaired) electrons. The number of phenols is 1. The number of ether oxygens (including phenoxy) is 2. The van der Waals surface area contributed by atoms with Crippen LogP contribution in [-0.2, 0) is 4.74 Å². The normalized spacial score (nSPS) is 33.2. The van der Waals surface area contributed by atoms with Crippen LogP contribution in [0, 0.1) is 12.3 Å². The van der Waals surface area contributed by atoms with Crippen molar-refractivity contribution < 1.29 is 49.7 Å². The van der Waals surface area contributed by atoms with Crippen LogP contribution in [0.1, 0.15) is 63.1 Å². The van der Waals surface area contributed by atoms with Gasteiger partial charge >= 0.3 is 0 Å². The van der Waals surface area contributed by atoms with Crippen molar-refractivity contribution >= 4 is 28.2 Å². The number of phenolic OH excluding ortho intramolecular Hbond substituents is 1. The number of aromatic nitrogens is 1. The predicted molar refractivity (Wildman–Crippen MR) is 166 cm³/mol. The van der Waals surface area contributed by atoms with Crippen molar-refractivity contribution in [3.63, 3.8) is 0 Å². The highest BCUT2D eigenvalue weighted by Gasteiger charge is 2.64. The Balaban J connectivity index is 1.44. The van der Waals surface area contributed by atoms with Gasteiger partial charge in [0.15, 0.2) is 11.9 Å². The van der Waals surface area contributed by atoms with Crippen LogP contribution >= 0.6 is 0 Å². The van der Waals surface area contributed by atoms with Crippen LogP contribution in [0.2, 0.25) is 0 Å². The minimum absolute atomic E-state index is 0.00932. The average molecular weight is 643 g/mol. The number of ketones is 2. The molecule has 0 unspecified atom stereocenters. The molecule has 9 rings (SSSR count). The van der Waals surface area contributed by atoms with Gasteiger partial charge in [0.25, 0.3) is 5.79 Å². The zero-order chi connectivity index (χ0) is 33.0. The van der Waals surface area contributed by atoms with E-state index in [9.17, 15) is 40.2 Å². The second-order valence-electron chi connectivity index (χ2n) is 13.4. The molecule has 2 fully saturated rings. The summed E-state index contributed by atoms with van der Waals surface area (Å²) in [4.78, 5) is 33.0. The fourth-order valence-electron chi connectivity index (χ4n) is 8.21. The zero-order valence-corrected chi connectivity index (χ0v) is 25.4. The van der Waals surface area contributed by atoms with Crippen LogP contribution in [0.5, 0.6) is 11.5 Å².